The van der Waals surface area contributed by atoms with Gasteiger partial charge in [0.05, 0.1) is 11.6 Å². The number of rotatable bonds is 5. The standard InChI is InChI=1S/C16H22ClN5/c1-18-16(20-8-6-13-5-4-7-19-10-13)22(3)12-15-9-14(17)11-21(15)2/h4-5,7,9-11H,6,8,12H2,1-3H3,(H,18,20). The summed E-state index contributed by atoms with van der Waals surface area (Å²) in [5.74, 6) is 0.862. The van der Waals surface area contributed by atoms with Crippen LogP contribution in [0, 0.1) is 0 Å². The van der Waals surface area contributed by atoms with Crippen molar-refractivity contribution in [3.8, 4) is 0 Å². The molecule has 1 N–H and O–H groups in total. The number of hydrogen-bond donors (Lipinski definition) is 1. The van der Waals surface area contributed by atoms with E-state index in [1.165, 1.54) is 5.56 Å². The fourth-order valence-electron chi connectivity index (χ4n) is 2.29. The molecule has 0 unspecified atom stereocenters. The molecule has 0 amide bonds. The van der Waals surface area contributed by atoms with Crippen molar-refractivity contribution in [3.63, 3.8) is 0 Å². The Hall–Kier alpha value is -2.01. The predicted molar refractivity (Wildman–Crippen MR) is 91.2 cm³/mol. The maximum atomic E-state index is 6.02. The molecule has 0 saturated carbocycles. The first-order valence-electron chi connectivity index (χ1n) is 7.21. The minimum atomic E-state index is 0.746. The Balaban J connectivity index is 1.87. The van der Waals surface area contributed by atoms with Crippen molar-refractivity contribution in [1.29, 1.82) is 0 Å². The highest BCUT2D eigenvalue weighted by Gasteiger charge is 2.09. The van der Waals surface area contributed by atoms with Gasteiger partial charge in [0.25, 0.3) is 0 Å². The molecule has 0 aliphatic rings. The maximum Gasteiger partial charge on any atom is 0.193 e. The normalized spacial score (nSPS) is 11.5. The van der Waals surface area contributed by atoms with Crippen molar-refractivity contribution < 1.29 is 0 Å². The van der Waals surface area contributed by atoms with Gasteiger partial charge in [-0.05, 0) is 24.1 Å². The van der Waals surface area contributed by atoms with Crippen LogP contribution in [0.25, 0.3) is 0 Å². The van der Waals surface area contributed by atoms with Crippen LogP contribution < -0.4 is 5.32 Å². The van der Waals surface area contributed by atoms with Gasteiger partial charge in [0.15, 0.2) is 5.96 Å². The van der Waals surface area contributed by atoms with Gasteiger partial charge in [-0.2, -0.15) is 0 Å². The van der Waals surface area contributed by atoms with Crippen molar-refractivity contribution in [2.24, 2.45) is 12.0 Å². The van der Waals surface area contributed by atoms with E-state index in [1.54, 1.807) is 13.2 Å². The van der Waals surface area contributed by atoms with Gasteiger partial charge in [-0.3, -0.25) is 9.98 Å². The van der Waals surface area contributed by atoms with E-state index in [0.717, 1.165) is 36.2 Å². The molecule has 0 spiro atoms. The lowest BCUT2D eigenvalue weighted by Gasteiger charge is -2.22. The van der Waals surface area contributed by atoms with Crippen molar-refractivity contribution in [2.75, 3.05) is 20.6 Å². The third-order valence-corrected chi connectivity index (χ3v) is 3.67. The molecule has 2 heterocycles. The summed E-state index contributed by atoms with van der Waals surface area (Å²) in [6.07, 6.45) is 6.49. The summed E-state index contributed by atoms with van der Waals surface area (Å²) < 4.78 is 2.03. The van der Waals surface area contributed by atoms with Crippen LogP contribution in [0.3, 0.4) is 0 Å². The molecule has 2 rings (SSSR count). The molecule has 2 aromatic heterocycles. The van der Waals surface area contributed by atoms with E-state index in [9.17, 15) is 0 Å². The summed E-state index contributed by atoms with van der Waals surface area (Å²) in [5.41, 5.74) is 2.35. The van der Waals surface area contributed by atoms with Crippen LogP contribution >= 0.6 is 11.6 Å². The highest BCUT2D eigenvalue weighted by Crippen LogP contribution is 2.14. The van der Waals surface area contributed by atoms with Gasteiger partial charge in [0, 0.05) is 52.0 Å². The first kappa shape index (κ1) is 16.4. The number of hydrogen-bond acceptors (Lipinski definition) is 2. The molecule has 0 radical (unpaired) electrons. The Morgan fingerprint density at radius 3 is 2.91 bits per heavy atom. The van der Waals surface area contributed by atoms with Crippen LogP contribution in [-0.4, -0.2) is 41.1 Å². The van der Waals surface area contributed by atoms with Crippen LogP contribution in [0.5, 0.6) is 0 Å². The van der Waals surface area contributed by atoms with Crippen LogP contribution in [0.15, 0.2) is 41.8 Å². The number of aromatic nitrogens is 2. The van der Waals surface area contributed by atoms with Gasteiger partial charge in [-0.1, -0.05) is 17.7 Å². The number of nitrogens with zero attached hydrogens (tertiary/aromatic N) is 4. The second kappa shape index (κ2) is 7.84. The minimum absolute atomic E-state index is 0.746. The predicted octanol–water partition coefficient (Wildman–Crippen LogP) is 2.32. The smallest absolute Gasteiger partial charge is 0.193 e. The molecule has 2 aromatic rings. The largest absolute Gasteiger partial charge is 0.356 e. The first-order chi connectivity index (χ1) is 10.6. The Morgan fingerprint density at radius 2 is 2.32 bits per heavy atom. The zero-order valence-corrected chi connectivity index (χ0v) is 14.0. The Bertz CT molecular complexity index is 621. The summed E-state index contributed by atoms with van der Waals surface area (Å²) in [4.78, 5) is 10.5. The average Bonchev–Trinajstić information content (AvgIpc) is 2.82. The minimum Gasteiger partial charge on any atom is -0.356 e. The first-order valence-corrected chi connectivity index (χ1v) is 7.59. The lowest BCUT2D eigenvalue weighted by molar-refractivity contribution is 0.462. The van der Waals surface area contributed by atoms with E-state index in [2.05, 4.69) is 26.3 Å². The molecule has 0 aromatic carbocycles. The fraction of sp³-hybridized carbons (Fsp3) is 0.375. The average molecular weight is 320 g/mol. The van der Waals surface area contributed by atoms with Crippen molar-refractivity contribution >= 4 is 17.6 Å². The van der Waals surface area contributed by atoms with E-state index in [0.29, 0.717) is 0 Å². The van der Waals surface area contributed by atoms with Gasteiger partial charge in [-0.15, -0.1) is 0 Å². The molecule has 6 heteroatoms. The summed E-state index contributed by atoms with van der Waals surface area (Å²) in [5, 5.41) is 4.13. The summed E-state index contributed by atoms with van der Waals surface area (Å²) >= 11 is 6.02. The van der Waals surface area contributed by atoms with E-state index >= 15 is 0 Å². The fourth-order valence-corrected chi connectivity index (χ4v) is 2.56. The van der Waals surface area contributed by atoms with Gasteiger partial charge in [-0.25, -0.2) is 0 Å². The number of nitrogens with one attached hydrogen (secondary N) is 1. The molecule has 0 bridgehead atoms. The number of guanidine groups is 1. The third kappa shape index (κ3) is 4.49. The van der Waals surface area contributed by atoms with Crippen molar-refractivity contribution in [1.82, 2.24) is 19.8 Å². The molecule has 0 saturated heterocycles. The molecule has 0 atom stereocenters. The Kier molecular flexibility index (Phi) is 5.83. The monoisotopic (exact) mass is 319 g/mol. The zero-order chi connectivity index (χ0) is 15.9. The lowest BCUT2D eigenvalue weighted by atomic mass is 10.2. The van der Waals surface area contributed by atoms with E-state index in [1.807, 2.05) is 43.2 Å². The second-order valence-corrected chi connectivity index (χ2v) is 5.64. The molecule has 118 valence electrons. The SMILES string of the molecule is CN=C(NCCc1cccnc1)N(C)Cc1cc(Cl)cn1C. The van der Waals surface area contributed by atoms with Gasteiger partial charge < -0.3 is 14.8 Å². The quantitative estimate of drug-likeness (QED) is 0.679. The van der Waals surface area contributed by atoms with Crippen molar-refractivity contribution in [2.45, 2.75) is 13.0 Å². The molecule has 0 aliphatic heterocycles. The highest BCUT2D eigenvalue weighted by atomic mass is 35.5. The second-order valence-electron chi connectivity index (χ2n) is 5.20. The van der Waals surface area contributed by atoms with Crippen LogP contribution in [0.1, 0.15) is 11.3 Å². The number of pyridine rings is 1. The highest BCUT2D eigenvalue weighted by molar-refractivity contribution is 6.30. The summed E-state index contributed by atoms with van der Waals surface area (Å²) in [7, 11) is 5.80. The number of halogens is 1. The third-order valence-electron chi connectivity index (χ3n) is 3.47. The van der Waals surface area contributed by atoms with E-state index in [4.69, 9.17) is 11.6 Å². The Labute approximate surface area is 136 Å². The van der Waals surface area contributed by atoms with Crippen LogP contribution in [0.2, 0.25) is 5.02 Å². The summed E-state index contributed by atoms with van der Waals surface area (Å²) in [6.45, 7) is 1.56. The summed E-state index contributed by atoms with van der Waals surface area (Å²) in [6, 6.07) is 6.00. The van der Waals surface area contributed by atoms with Gasteiger partial charge in [0.2, 0.25) is 0 Å². The van der Waals surface area contributed by atoms with Gasteiger partial charge in [0.1, 0.15) is 0 Å². The molecule has 0 aliphatic carbocycles. The molecule has 0 fully saturated rings. The number of aliphatic imine (C=N–C) groups is 1. The van der Waals surface area contributed by atoms with Crippen molar-refractivity contribution in [3.05, 3.63) is 53.1 Å². The molecule has 5 nitrogen and oxygen atoms in total. The molecular weight excluding hydrogens is 298 g/mol. The molecular formula is C16H22ClN5. The van der Waals surface area contributed by atoms with Crippen LogP contribution in [0.4, 0.5) is 0 Å². The molecule has 22 heavy (non-hydrogen) atoms. The zero-order valence-electron chi connectivity index (χ0n) is 13.3. The van der Waals surface area contributed by atoms with Crippen LogP contribution in [-0.2, 0) is 20.0 Å². The Morgan fingerprint density at radius 1 is 1.50 bits per heavy atom. The van der Waals surface area contributed by atoms with E-state index in [-0.39, 0.29) is 0 Å². The van der Waals surface area contributed by atoms with E-state index < -0.39 is 0 Å². The maximum absolute atomic E-state index is 6.02. The van der Waals surface area contributed by atoms with Gasteiger partial charge >= 0.3 is 0 Å². The topological polar surface area (TPSA) is 45.5 Å². The lowest BCUT2D eigenvalue weighted by Crippen LogP contribution is -2.39. The number of aryl methyl sites for hydroxylation is 1.